The molecule has 1 heterocycles. The second kappa shape index (κ2) is 11.5. The summed E-state index contributed by atoms with van der Waals surface area (Å²) in [6.45, 7) is 2.99. The average Bonchev–Trinajstić information content (AvgIpc) is 2.84. The SMILES string of the molecule is O=C(Nc1cccc(CN2CCC(C(=O)NCc3cccc(Cl)c3)CC2)c1)c1ccc(Cl)cc1. The minimum atomic E-state index is -0.168. The van der Waals surface area contributed by atoms with E-state index >= 15 is 0 Å². The number of halogens is 2. The van der Waals surface area contributed by atoms with E-state index in [1.807, 2.05) is 42.5 Å². The number of nitrogens with one attached hydrogen (secondary N) is 2. The zero-order valence-corrected chi connectivity index (χ0v) is 20.3. The summed E-state index contributed by atoms with van der Waals surface area (Å²) in [7, 11) is 0. The molecule has 3 aromatic carbocycles. The van der Waals surface area contributed by atoms with Crippen molar-refractivity contribution in [2.24, 2.45) is 5.92 Å². The predicted octanol–water partition coefficient (Wildman–Crippen LogP) is 5.77. The maximum Gasteiger partial charge on any atom is 0.255 e. The highest BCUT2D eigenvalue weighted by Gasteiger charge is 2.24. The smallest absolute Gasteiger partial charge is 0.255 e. The van der Waals surface area contributed by atoms with Crippen molar-refractivity contribution in [1.82, 2.24) is 10.2 Å². The fraction of sp³-hybridized carbons (Fsp3) is 0.259. The van der Waals surface area contributed by atoms with Crippen LogP contribution in [0.3, 0.4) is 0 Å². The Morgan fingerprint density at radius 3 is 2.29 bits per heavy atom. The summed E-state index contributed by atoms with van der Waals surface area (Å²) in [5, 5.41) is 7.26. The Morgan fingerprint density at radius 2 is 1.56 bits per heavy atom. The fourth-order valence-corrected chi connectivity index (χ4v) is 4.48. The lowest BCUT2D eigenvalue weighted by Crippen LogP contribution is -2.40. The highest BCUT2D eigenvalue weighted by atomic mass is 35.5. The van der Waals surface area contributed by atoms with Gasteiger partial charge in [0, 0.05) is 40.3 Å². The second-order valence-electron chi connectivity index (χ2n) is 8.56. The molecule has 5 nitrogen and oxygen atoms in total. The third-order valence-corrected chi connectivity index (χ3v) is 6.50. The van der Waals surface area contributed by atoms with Crippen molar-refractivity contribution in [3.05, 3.63) is 99.5 Å². The average molecular weight is 496 g/mol. The fourth-order valence-electron chi connectivity index (χ4n) is 4.14. The largest absolute Gasteiger partial charge is 0.352 e. The molecule has 0 aromatic heterocycles. The summed E-state index contributed by atoms with van der Waals surface area (Å²) < 4.78 is 0. The van der Waals surface area contributed by atoms with E-state index in [1.165, 1.54) is 0 Å². The molecule has 4 rings (SSSR count). The zero-order valence-electron chi connectivity index (χ0n) is 18.8. The standard InChI is InChI=1S/C27H27Cl2N3O2/c28-23-9-7-21(8-10-23)27(34)31-25-6-2-4-20(16-25)18-32-13-11-22(12-14-32)26(33)30-17-19-3-1-5-24(29)15-19/h1-10,15-16,22H,11-14,17-18H2,(H,30,33)(H,31,34). The van der Waals surface area contributed by atoms with Crippen LogP contribution in [0.1, 0.15) is 34.3 Å². The molecule has 2 amide bonds. The van der Waals surface area contributed by atoms with E-state index in [-0.39, 0.29) is 17.7 Å². The van der Waals surface area contributed by atoms with Gasteiger partial charge in [-0.15, -0.1) is 0 Å². The Kier molecular flexibility index (Phi) is 8.22. The first-order valence-corrected chi connectivity index (χ1v) is 12.1. The van der Waals surface area contributed by atoms with E-state index in [9.17, 15) is 9.59 Å². The van der Waals surface area contributed by atoms with Crippen LogP contribution in [0.5, 0.6) is 0 Å². The lowest BCUT2D eigenvalue weighted by atomic mass is 9.95. The van der Waals surface area contributed by atoms with Crippen molar-refractivity contribution >= 4 is 40.7 Å². The van der Waals surface area contributed by atoms with E-state index in [4.69, 9.17) is 23.2 Å². The maximum atomic E-state index is 12.6. The summed E-state index contributed by atoms with van der Waals surface area (Å²) in [6, 6.07) is 22.2. The van der Waals surface area contributed by atoms with Gasteiger partial charge in [0.15, 0.2) is 0 Å². The predicted molar refractivity (Wildman–Crippen MR) is 137 cm³/mol. The number of hydrogen-bond acceptors (Lipinski definition) is 3. The van der Waals surface area contributed by atoms with Crippen LogP contribution in [0.15, 0.2) is 72.8 Å². The van der Waals surface area contributed by atoms with Gasteiger partial charge in [-0.25, -0.2) is 0 Å². The summed E-state index contributed by atoms with van der Waals surface area (Å²) in [4.78, 5) is 27.4. The van der Waals surface area contributed by atoms with E-state index in [0.29, 0.717) is 22.2 Å². The van der Waals surface area contributed by atoms with Crippen LogP contribution in [-0.4, -0.2) is 29.8 Å². The monoisotopic (exact) mass is 495 g/mol. The van der Waals surface area contributed by atoms with Gasteiger partial charge < -0.3 is 10.6 Å². The van der Waals surface area contributed by atoms with Gasteiger partial charge in [-0.2, -0.15) is 0 Å². The number of hydrogen-bond donors (Lipinski definition) is 2. The Bertz CT molecular complexity index is 1140. The maximum absolute atomic E-state index is 12.6. The summed E-state index contributed by atoms with van der Waals surface area (Å²) in [5.41, 5.74) is 3.44. The van der Waals surface area contributed by atoms with Gasteiger partial charge in [-0.1, -0.05) is 47.5 Å². The molecule has 3 aromatic rings. The molecule has 34 heavy (non-hydrogen) atoms. The number of piperidine rings is 1. The van der Waals surface area contributed by atoms with Crippen molar-refractivity contribution in [1.29, 1.82) is 0 Å². The van der Waals surface area contributed by atoms with Crippen molar-refractivity contribution in [3.8, 4) is 0 Å². The molecule has 7 heteroatoms. The Labute approximate surface area is 210 Å². The third kappa shape index (κ3) is 6.83. The number of carbonyl (C=O) groups is 2. The van der Waals surface area contributed by atoms with Crippen molar-refractivity contribution < 1.29 is 9.59 Å². The van der Waals surface area contributed by atoms with Crippen molar-refractivity contribution in [2.45, 2.75) is 25.9 Å². The lowest BCUT2D eigenvalue weighted by Gasteiger charge is -2.31. The molecule has 0 saturated carbocycles. The van der Waals surface area contributed by atoms with Crippen LogP contribution in [0.4, 0.5) is 5.69 Å². The first-order chi connectivity index (χ1) is 16.5. The van der Waals surface area contributed by atoms with E-state index in [1.54, 1.807) is 24.3 Å². The Hall–Kier alpha value is -2.86. The Morgan fingerprint density at radius 1 is 0.853 bits per heavy atom. The number of nitrogens with zero attached hydrogens (tertiary/aromatic N) is 1. The van der Waals surface area contributed by atoms with Crippen LogP contribution in [0, 0.1) is 5.92 Å². The van der Waals surface area contributed by atoms with Crippen LogP contribution in [0.25, 0.3) is 0 Å². The summed E-state index contributed by atoms with van der Waals surface area (Å²) in [6.07, 6.45) is 1.66. The van der Waals surface area contributed by atoms with Crippen molar-refractivity contribution in [2.75, 3.05) is 18.4 Å². The van der Waals surface area contributed by atoms with Gasteiger partial charge in [-0.05, 0) is 85.6 Å². The molecule has 1 aliphatic heterocycles. The molecule has 1 fully saturated rings. The number of likely N-dealkylation sites (tertiary alicyclic amines) is 1. The van der Waals surface area contributed by atoms with Gasteiger partial charge in [0.1, 0.15) is 0 Å². The lowest BCUT2D eigenvalue weighted by molar-refractivity contribution is -0.126. The molecule has 0 atom stereocenters. The number of rotatable bonds is 7. The van der Waals surface area contributed by atoms with E-state index in [0.717, 1.165) is 49.3 Å². The third-order valence-electron chi connectivity index (χ3n) is 6.01. The minimum absolute atomic E-state index is 0.0282. The normalized spacial score (nSPS) is 14.5. The van der Waals surface area contributed by atoms with Gasteiger partial charge in [-0.3, -0.25) is 14.5 Å². The van der Waals surface area contributed by atoms with Crippen LogP contribution >= 0.6 is 23.2 Å². The zero-order chi connectivity index (χ0) is 23.9. The quantitative estimate of drug-likeness (QED) is 0.436. The molecule has 0 unspecified atom stereocenters. The first-order valence-electron chi connectivity index (χ1n) is 11.4. The molecule has 1 saturated heterocycles. The molecule has 0 radical (unpaired) electrons. The highest BCUT2D eigenvalue weighted by Crippen LogP contribution is 2.21. The van der Waals surface area contributed by atoms with E-state index < -0.39 is 0 Å². The highest BCUT2D eigenvalue weighted by molar-refractivity contribution is 6.31. The first kappa shape index (κ1) is 24.3. The topological polar surface area (TPSA) is 61.4 Å². The van der Waals surface area contributed by atoms with Gasteiger partial charge in [0.2, 0.25) is 5.91 Å². The molecular formula is C27H27Cl2N3O2. The van der Waals surface area contributed by atoms with Crippen LogP contribution < -0.4 is 10.6 Å². The molecule has 1 aliphatic rings. The van der Waals surface area contributed by atoms with Gasteiger partial charge in [0.25, 0.3) is 5.91 Å². The number of anilines is 1. The van der Waals surface area contributed by atoms with Gasteiger partial charge in [0.05, 0.1) is 0 Å². The van der Waals surface area contributed by atoms with Crippen molar-refractivity contribution in [3.63, 3.8) is 0 Å². The molecule has 0 spiro atoms. The molecular weight excluding hydrogens is 469 g/mol. The molecule has 0 aliphatic carbocycles. The molecule has 0 bridgehead atoms. The summed E-state index contributed by atoms with van der Waals surface area (Å²) >= 11 is 11.9. The minimum Gasteiger partial charge on any atom is -0.352 e. The Balaban J connectivity index is 1.25. The number of amides is 2. The number of carbonyl (C=O) groups excluding carboxylic acids is 2. The van der Waals surface area contributed by atoms with Crippen LogP contribution in [-0.2, 0) is 17.9 Å². The van der Waals surface area contributed by atoms with E-state index in [2.05, 4.69) is 21.6 Å². The summed E-state index contributed by atoms with van der Waals surface area (Å²) in [5.74, 6) is -0.0367. The van der Waals surface area contributed by atoms with Crippen LogP contribution in [0.2, 0.25) is 10.0 Å². The molecule has 176 valence electrons. The number of benzene rings is 3. The van der Waals surface area contributed by atoms with Gasteiger partial charge >= 0.3 is 0 Å². The second-order valence-corrected chi connectivity index (χ2v) is 9.43. The molecule has 2 N–H and O–H groups in total.